The van der Waals surface area contributed by atoms with Crippen LogP contribution in [0.15, 0.2) is 59.6 Å². The molecule has 0 heterocycles. The van der Waals surface area contributed by atoms with E-state index in [1.165, 1.54) is 25.2 Å². The molecule has 2 rings (SSSR count). The molecule has 172 valence electrons. The lowest BCUT2D eigenvalue weighted by atomic mass is 10.2. The van der Waals surface area contributed by atoms with E-state index >= 15 is 0 Å². The Balaban J connectivity index is 0.00000480. The predicted octanol–water partition coefficient (Wildman–Crippen LogP) is 3.87. The quantitative estimate of drug-likeness (QED) is 0.207. The van der Waals surface area contributed by atoms with Gasteiger partial charge in [0.25, 0.3) is 0 Å². The van der Waals surface area contributed by atoms with Crippen molar-refractivity contribution < 1.29 is 26.3 Å². The van der Waals surface area contributed by atoms with Gasteiger partial charge in [-0.1, -0.05) is 48.5 Å². The van der Waals surface area contributed by atoms with Gasteiger partial charge in [-0.2, -0.15) is 0 Å². The first kappa shape index (κ1) is 27.0. The van der Waals surface area contributed by atoms with Gasteiger partial charge in [0.15, 0.2) is 15.8 Å². The predicted molar refractivity (Wildman–Crippen MR) is 125 cm³/mol. The third-order valence-corrected chi connectivity index (χ3v) is 5.71. The lowest BCUT2D eigenvalue weighted by Gasteiger charge is -2.15. The standard InChI is InChI=1S/C20H24F3N3O3S.HI/c1-24-19(26-14-17-10-5-6-11-18(17)29-20(21,22)23)25-12-7-13-30(27,28)15-16-8-3-2-4-9-16;/h2-6,8-11H,7,12-15H2,1H3,(H2,24,25,26);1H. The number of nitrogens with zero attached hydrogens (tertiary/aromatic N) is 1. The van der Waals surface area contributed by atoms with Gasteiger partial charge in [0, 0.05) is 25.7 Å². The third kappa shape index (κ3) is 10.7. The molecule has 2 aromatic rings. The maximum Gasteiger partial charge on any atom is 0.573 e. The normalized spacial score (nSPS) is 12.1. The lowest BCUT2D eigenvalue weighted by Crippen LogP contribution is -2.38. The van der Waals surface area contributed by atoms with Crippen molar-refractivity contribution in [2.24, 2.45) is 4.99 Å². The van der Waals surface area contributed by atoms with Gasteiger partial charge in [-0.05, 0) is 18.1 Å². The average molecular weight is 571 g/mol. The zero-order valence-corrected chi connectivity index (χ0v) is 20.0. The molecule has 0 saturated heterocycles. The number of hydrogen-bond acceptors (Lipinski definition) is 4. The first-order valence-electron chi connectivity index (χ1n) is 9.21. The molecule has 0 saturated carbocycles. The molecule has 0 aliphatic rings. The number of halogens is 4. The van der Waals surface area contributed by atoms with Crippen LogP contribution in [0.25, 0.3) is 0 Å². The minimum atomic E-state index is -4.78. The number of para-hydroxylation sites is 1. The zero-order valence-electron chi connectivity index (χ0n) is 16.9. The third-order valence-electron chi connectivity index (χ3n) is 4.02. The Labute approximate surface area is 197 Å². The molecular formula is C20H25F3IN3O3S. The molecule has 0 amide bonds. The summed E-state index contributed by atoms with van der Waals surface area (Å²) in [6.45, 7) is 0.395. The van der Waals surface area contributed by atoms with Gasteiger partial charge in [0.2, 0.25) is 0 Å². The number of rotatable bonds is 9. The Morgan fingerprint density at radius 2 is 1.68 bits per heavy atom. The Kier molecular flexibility index (Phi) is 11.1. The number of aliphatic imine (C=N–C) groups is 1. The maximum atomic E-state index is 12.5. The molecule has 2 N–H and O–H groups in total. The number of alkyl halides is 3. The molecule has 2 aromatic carbocycles. The van der Waals surface area contributed by atoms with E-state index in [9.17, 15) is 21.6 Å². The number of nitrogens with one attached hydrogen (secondary N) is 2. The largest absolute Gasteiger partial charge is 0.573 e. The van der Waals surface area contributed by atoms with Crippen LogP contribution in [0.3, 0.4) is 0 Å². The summed E-state index contributed by atoms with van der Waals surface area (Å²) >= 11 is 0. The van der Waals surface area contributed by atoms with Gasteiger partial charge in [-0.25, -0.2) is 8.42 Å². The molecule has 0 fully saturated rings. The summed E-state index contributed by atoms with van der Waals surface area (Å²) in [5, 5.41) is 5.85. The molecule has 11 heteroatoms. The first-order valence-corrected chi connectivity index (χ1v) is 11.0. The summed E-state index contributed by atoms with van der Waals surface area (Å²) in [5.41, 5.74) is 1.05. The highest BCUT2D eigenvalue weighted by atomic mass is 127. The molecule has 6 nitrogen and oxygen atoms in total. The average Bonchev–Trinajstić information content (AvgIpc) is 2.68. The number of ether oxygens (including phenoxy) is 1. The van der Waals surface area contributed by atoms with E-state index in [1.807, 2.05) is 6.07 Å². The van der Waals surface area contributed by atoms with Crippen LogP contribution in [0.4, 0.5) is 13.2 Å². The van der Waals surface area contributed by atoms with Crippen molar-refractivity contribution in [3.05, 3.63) is 65.7 Å². The van der Waals surface area contributed by atoms with E-state index in [2.05, 4.69) is 20.4 Å². The monoisotopic (exact) mass is 571 g/mol. The highest BCUT2D eigenvalue weighted by Crippen LogP contribution is 2.26. The Morgan fingerprint density at radius 1 is 1.03 bits per heavy atom. The van der Waals surface area contributed by atoms with Gasteiger partial charge >= 0.3 is 6.36 Å². The van der Waals surface area contributed by atoms with Crippen LogP contribution in [0.1, 0.15) is 17.5 Å². The molecule has 0 aromatic heterocycles. The van der Waals surface area contributed by atoms with Crippen molar-refractivity contribution in [1.82, 2.24) is 10.6 Å². The number of guanidine groups is 1. The van der Waals surface area contributed by atoms with E-state index < -0.39 is 16.2 Å². The second kappa shape index (κ2) is 12.7. The summed E-state index contributed by atoms with van der Waals surface area (Å²) < 4.78 is 65.9. The fraction of sp³-hybridized carbons (Fsp3) is 0.350. The van der Waals surface area contributed by atoms with Crippen molar-refractivity contribution >= 4 is 39.8 Å². The fourth-order valence-electron chi connectivity index (χ4n) is 2.67. The Morgan fingerprint density at radius 3 is 2.32 bits per heavy atom. The van der Waals surface area contributed by atoms with Gasteiger partial charge < -0.3 is 15.4 Å². The second-order valence-corrected chi connectivity index (χ2v) is 8.62. The van der Waals surface area contributed by atoms with Gasteiger partial charge in [0.05, 0.1) is 11.5 Å². The van der Waals surface area contributed by atoms with E-state index in [-0.39, 0.29) is 47.8 Å². The van der Waals surface area contributed by atoms with E-state index in [0.29, 0.717) is 24.5 Å². The molecule has 31 heavy (non-hydrogen) atoms. The smallest absolute Gasteiger partial charge is 0.405 e. The zero-order chi connectivity index (χ0) is 22.0. The van der Waals surface area contributed by atoms with Crippen molar-refractivity contribution in [3.8, 4) is 5.75 Å². The maximum absolute atomic E-state index is 12.5. The van der Waals surface area contributed by atoms with Crippen LogP contribution in [-0.4, -0.2) is 40.1 Å². The summed E-state index contributed by atoms with van der Waals surface area (Å²) in [4.78, 5) is 3.99. The van der Waals surface area contributed by atoms with Gasteiger partial charge in [-0.3, -0.25) is 4.99 Å². The molecule has 0 atom stereocenters. The van der Waals surface area contributed by atoms with E-state index in [0.717, 1.165) is 5.56 Å². The van der Waals surface area contributed by atoms with E-state index in [4.69, 9.17) is 0 Å². The minimum absolute atomic E-state index is 0. The number of benzene rings is 2. The van der Waals surface area contributed by atoms with E-state index in [1.54, 1.807) is 30.3 Å². The minimum Gasteiger partial charge on any atom is -0.405 e. The first-order chi connectivity index (χ1) is 14.2. The van der Waals surface area contributed by atoms with Crippen LogP contribution in [0, 0.1) is 0 Å². The molecule has 0 bridgehead atoms. The summed E-state index contributed by atoms with van der Waals surface area (Å²) in [6.07, 6.45) is -4.41. The van der Waals surface area contributed by atoms with Crippen LogP contribution in [0.2, 0.25) is 0 Å². The van der Waals surface area contributed by atoms with Crippen molar-refractivity contribution in [1.29, 1.82) is 0 Å². The molecule has 0 spiro atoms. The number of sulfone groups is 1. The van der Waals surface area contributed by atoms with Gasteiger partial charge in [0.1, 0.15) is 5.75 Å². The van der Waals surface area contributed by atoms with Crippen molar-refractivity contribution in [3.63, 3.8) is 0 Å². The number of hydrogen-bond donors (Lipinski definition) is 2. The highest BCUT2D eigenvalue weighted by Gasteiger charge is 2.31. The molecular weight excluding hydrogens is 546 g/mol. The van der Waals surface area contributed by atoms with Crippen LogP contribution in [0.5, 0.6) is 5.75 Å². The second-order valence-electron chi connectivity index (χ2n) is 6.44. The topological polar surface area (TPSA) is 79.8 Å². The molecule has 0 unspecified atom stereocenters. The molecule has 0 aliphatic carbocycles. The van der Waals surface area contributed by atoms with Crippen LogP contribution >= 0.6 is 24.0 Å². The molecule has 0 aliphatic heterocycles. The summed E-state index contributed by atoms with van der Waals surface area (Å²) in [6, 6.07) is 14.7. The summed E-state index contributed by atoms with van der Waals surface area (Å²) in [7, 11) is -1.73. The van der Waals surface area contributed by atoms with Crippen LogP contribution < -0.4 is 15.4 Å². The highest BCUT2D eigenvalue weighted by molar-refractivity contribution is 14.0. The van der Waals surface area contributed by atoms with Crippen molar-refractivity contribution in [2.75, 3.05) is 19.3 Å². The fourth-order valence-corrected chi connectivity index (χ4v) is 4.10. The summed E-state index contributed by atoms with van der Waals surface area (Å²) in [5.74, 6) is 0.0440. The molecule has 0 radical (unpaired) electrons. The Bertz CT molecular complexity index is 939. The Hall–Kier alpha value is -2.02. The van der Waals surface area contributed by atoms with Crippen molar-refractivity contribution in [2.45, 2.75) is 25.1 Å². The van der Waals surface area contributed by atoms with Crippen LogP contribution in [-0.2, 0) is 22.1 Å². The van der Waals surface area contributed by atoms with Gasteiger partial charge in [-0.15, -0.1) is 37.1 Å². The lowest BCUT2D eigenvalue weighted by molar-refractivity contribution is -0.274. The SMILES string of the molecule is CN=C(NCCCS(=O)(=O)Cc1ccccc1)NCc1ccccc1OC(F)(F)F.I.